The number of methoxy groups -OCH3 is 1. The minimum atomic E-state index is 0.879. The zero-order valence-corrected chi connectivity index (χ0v) is 21.1. The molecule has 1 aliphatic rings. The molecule has 4 nitrogen and oxygen atoms in total. The number of rotatable bonds is 8. The maximum absolute atomic E-state index is 5.57. The van der Waals surface area contributed by atoms with Crippen molar-refractivity contribution in [3.63, 3.8) is 0 Å². The van der Waals surface area contributed by atoms with Crippen LogP contribution in [0.15, 0.2) is 66.9 Å². The summed E-state index contributed by atoms with van der Waals surface area (Å²) in [5.41, 5.74) is 10.4. The van der Waals surface area contributed by atoms with Gasteiger partial charge in [0.2, 0.25) is 0 Å². The van der Waals surface area contributed by atoms with E-state index in [9.17, 15) is 0 Å². The second kappa shape index (κ2) is 10.5. The number of benzene rings is 3. The van der Waals surface area contributed by atoms with E-state index in [1.807, 2.05) is 0 Å². The van der Waals surface area contributed by atoms with Crippen molar-refractivity contribution in [3.05, 3.63) is 94.7 Å². The van der Waals surface area contributed by atoms with Gasteiger partial charge in [0.05, 0.1) is 19.2 Å². The molecule has 180 valence electrons. The van der Waals surface area contributed by atoms with Crippen LogP contribution in [-0.2, 0) is 13.0 Å². The van der Waals surface area contributed by atoms with Crippen molar-refractivity contribution in [2.75, 3.05) is 20.2 Å². The van der Waals surface area contributed by atoms with Gasteiger partial charge in [0.25, 0.3) is 0 Å². The predicted octanol–water partition coefficient (Wildman–Crippen LogP) is 6.65. The lowest BCUT2D eigenvalue weighted by molar-refractivity contribution is 0.414. The Kier molecular flexibility index (Phi) is 7.01. The summed E-state index contributed by atoms with van der Waals surface area (Å²) in [7, 11) is 1.75. The number of allylic oxidation sites excluding steroid dienone is 1. The molecule has 3 aromatic carbocycles. The van der Waals surface area contributed by atoms with Crippen LogP contribution in [0, 0.1) is 6.92 Å². The molecule has 0 unspecified atom stereocenters. The maximum Gasteiger partial charge on any atom is 0.119 e. The Hall–Kier alpha value is -3.37. The SMILES string of the molecule is CCCNCCn1cc2cc(C3=C(c4ccccc4C)CCCc4cc(OC)ccc43)ccc2n1. The molecule has 4 heteroatoms. The second-order valence-corrected chi connectivity index (χ2v) is 9.46. The van der Waals surface area contributed by atoms with E-state index in [4.69, 9.17) is 9.84 Å². The van der Waals surface area contributed by atoms with Crippen LogP contribution >= 0.6 is 0 Å². The first-order chi connectivity index (χ1) is 17.2. The molecule has 1 N–H and O–H groups in total. The molecule has 0 bridgehead atoms. The lowest BCUT2D eigenvalue weighted by atomic mass is 9.86. The third-order valence-electron chi connectivity index (χ3n) is 7.01. The van der Waals surface area contributed by atoms with E-state index in [1.165, 1.54) is 44.3 Å². The largest absolute Gasteiger partial charge is 0.497 e. The Balaban J connectivity index is 1.64. The number of ether oxygens (including phenoxy) is 1. The van der Waals surface area contributed by atoms with Crippen molar-refractivity contribution in [1.82, 2.24) is 15.1 Å². The highest BCUT2D eigenvalue weighted by atomic mass is 16.5. The van der Waals surface area contributed by atoms with E-state index >= 15 is 0 Å². The summed E-state index contributed by atoms with van der Waals surface area (Å²) in [5.74, 6) is 0.927. The van der Waals surface area contributed by atoms with Gasteiger partial charge in [-0.2, -0.15) is 5.10 Å². The number of aromatic nitrogens is 2. The molecule has 0 atom stereocenters. The molecule has 0 radical (unpaired) electrons. The van der Waals surface area contributed by atoms with Crippen molar-refractivity contribution in [1.29, 1.82) is 0 Å². The Bertz CT molecular complexity index is 1360. The lowest BCUT2D eigenvalue weighted by Crippen LogP contribution is -2.20. The third kappa shape index (κ3) is 4.89. The normalized spacial score (nSPS) is 13.7. The van der Waals surface area contributed by atoms with Gasteiger partial charge in [0.15, 0.2) is 0 Å². The monoisotopic (exact) mass is 465 g/mol. The quantitative estimate of drug-likeness (QED) is 0.296. The maximum atomic E-state index is 5.57. The van der Waals surface area contributed by atoms with Crippen molar-refractivity contribution >= 4 is 22.0 Å². The minimum Gasteiger partial charge on any atom is -0.497 e. The number of hydrogen-bond donors (Lipinski definition) is 1. The summed E-state index contributed by atoms with van der Waals surface area (Å²) in [6.07, 6.45) is 6.56. The Morgan fingerprint density at radius 2 is 1.86 bits per heavy atom. The molecule has 0 saturated carbocycles. The average molecular weight is 466 g/mol. The second-order valence-electron chi connectivity index (χ2n) is 9.46. The summed E-state index contributed by atoms with van der Waals surface area (Å²) in [4.78, 5) is 0. The van der Waals surface area contributed by atoms with E-state index in [0.29, 0.717) is 0 Å². The zero-order valence-electron chi connectivity index (χ0n) is 21.1. The number of fused-ring (bicyclic) bond motifs is 2. The van der Waals surface area contributed by atoms with Gasteiger partial charge in [0.1, 0.15) is 5.75 Å². The number of nitrogens with one attached hydrogen (secondary N) is 1. The number of nitrogens with zero attached hydrogens (tertiary/aromatic N) is 2. The molecule has 0 spiro atoms. The van der Waals surface area contributed by atoms with Crippen LogP contribution in [0.3, 0.4) is 0 Å². The van der Waals surface area contributed by atoms with Crippen LogP contribution in [0.4, 0.5) is 0 Å². The number of hydrogen-bond acceptors (Lipinski definition) is 3. The first-order valence-corrected chi connectivity index (χ1v) is 12.8. The molecule has 0 amide bonds. The molecule has 1 aliphatic carbocycles. The fraction of sp³-hybridized carbons (Fsp3) is 0.323. The fourth-order valence-corrected chi connectivity index (χ4v) is 5.24. The van der Waals surface area contributed by atoms with Gasteiger partial charge < -0.3 is 10.1 Å². The highest BCUT2D eigenvalue weighted by Gasteiger charge is 2.22. The predicted molar refractivity (Wildman–Crippen MR) is 146 cm³/mol. The first kappa shape index (κ1) is 23.4. The van der Waals surface area contributed by atoms with Gasteiger partial charge in [-0.05, 0) is 102 Å². The summed E-state index contributed by atoms with van der Waals surface area (Å²) >= 11 is 0. The average Bonchev–Trinajstić information content (AvgIpc) is 3.19. The van der Waals surface area contributed by atoms with Crippen molar-refractivity contribution in [2.24, 2.45) is 0 Å². The summed E-state index contributed by atoms with van der Waals surface area (Å²) < 4.78 is 7.64. The third-order valence-corrected chi connectivity index (χ3v) is 7.01. The van der Waals surface area contributed by atoms with E-state index in [1.54, 1.807) is 7.11 Å². The van der Waals surface area contributed by atoms with Crippen LogP contribution in [0.25, 0.3) is 22.0 Å². The van der Waals surface area contributed by atoms with E-state index in [-0.39, 0.29) is 0 Å². The van der Waals surface area contributed by atoms with Gasteiger partial charge in [-0.15, -0.1) is 0 Å². The molecule has 1 heterocycles. The van der Waals surface area contributed by atoms with Crippen molar-refractivity contribution in [2.45, 2.75) is 46.1 Å². The van der Waals surface area contributed by atoms with Gasteiger partial charge in [-0.3, -0.25) is 4.68 Å². The van der Waals surface area contributed by atoms with Crippen molar-refractivity contribution in [3.8, 4) is 5.75 Å². The summed E-state index contributed by atoms with van der Waals surface area (Å²) in [5, 5.41) is 9.48. The van der Waals surface area contributed by atoms with E-state index in [2.05, 4.69) is 90.7 Å². The van der Waals surface area contributed by atoms with Crippen LogP contribution in [0.5, 0.6) is 5.75 Å². The lowest BCUT2D eigenvalue weighted by Gasteiger charge is -2.18. The zero-order chi connectivity index (χ0) is 24.2. The van der Waals surface area contributed by atoms with Gasteiger partial charge in [-0.1, -0.05) is 43.3 Å². The molecule has 4 aromatic rings. The van der Waals surface area contributed by atoms with Crippen molar-refractivity contribution < 1.29 is 4.74 Å². The highest BCUT2D eigenvalue weighted by Crippen LogP contribution is 2.42. The minimum absolute atomic E-state index is 0.879. The molecule has 35 heavy (non-hydrogen) atoms. The van der Waals surface area contributed by atoms with E-state index < -0.39 is 0 Å². The summed E-state index contributed by atoms with van der Waals surface area (Å²) in [6, 6.07) is 22.1. The number of aryl methyl sites for hydroxylation is 2. The fourth-order valence-electron chi connectivity index (χ4n) is 5.24. The molecule has 0 fully saturated rings. The topological polar surface area (TPSA) is 39.1 Å². The highest BCUT2D eigenvalue weighted by molar-refractivity contribution is 6.02. The van der Waals surface area contributed by atoms with E-state index in [0.717, 1.165) is 56.6 Å². The molecule has 0 aliphatic heterocycles. The molecule has 1 aromatic heterocycles. The van der Waals surface area contributed by atoms with Gasteiger partial charge in [0, 0.05) is 18.1 Å². The molecule has 0 saturated heterocycles. The summed E-state index contributed by atoms with van der Waals surface area (Å²) in [6.45, 7) is 7.28. The Labute approximate surface area is 208 Å². The van der Waals surface area contributed by atoms with Crippen LogP contribution in [0.1, 0.15) is 54.0 Å². The van der Waals surface area contributed by atoms with Gasteiger partial charge >= 0.3 is 0 Å². The molecular formula is C31H35N3O. The van der Waals surface area contributed by atoms with Crippen LogP contribution in [-0.4, -0.2) is 30.0 Å². The van der Waals surface area contributed by atoms with Crippen LogP contribution in [0.2, 0.25) is 0 Å². The first-order valence-electron chi connectivity index (χ1n) is 12.8. The van der Waals surface area contributed by atoms with Gasteiger partial charge in [-0.25, -0.2) is 0 Å². The van der Waals surface area contributed by atoms with Crippen LogP contribution < -0.4 is 10.1 Å². The molecule has 5 rings (SSSR count). The Morgan fingerprint density at radius 3 is 2.69 bits per heavy atom. The molecular weight excluding hydrogens is 430 g/mol. The standard InChI is InChI=1S/C31H35N3O/c1-4-16-32-17-18-34-21-25-19-24(12-15-30(25)33-34)31-28-14-13-26(35-3)20-23(28)9-7-11-29(31)27-10-6-5-8-22(27)2/h5-6,8,10,12-15,19-21,32H,4,7,9,11,16-18H2,1-3H3. The Morgan fingerprint density at radius 1 is 0.971 bits per heavy atom. The smallest absolute Gasteiger partial charge is 0.119 e.